The molecule has 0 unspecified atom stereocenters. The third kappa shape index (κ3) is 5.22. The molecule has 0 spiro atoms. The Bertz CT molecular complexity index is 2440. The number of hydrogen-bond donors (Lipinski definition) is 0. The first-order chi connectivity index (χ1) is 23.7. The molecule has 6 aromatic carbocycles. The van der Waals surface area contributed by atoms with E-state index in [0.717, 1.165) is 44.4 Å². The Morgan fingerprint density at radius 2 is 1.20 bits per heavy atom. The number of nitrogens with zero attached hydrogens (tertiary/aromatic N) is 2. The molecule has 0 saturated carbocycles. The lowest BCUT2D eigenvalue weighted by Crippen LogP contribution is -2.52. The van der Waals surface area contributed by atoms with Crippen LogP contribution in [0.4, 0.5) is 0 Å². The van der Waals surface area contributed by atoms with Gasteiger partial charge in [0, 0.05) is 10.8 Å². The van der Waals surface area contributed by atoms with Crippen LogP contribution in [0.15, 0.2) is 138 Å². The zero-order valence-corrected chi connectivity index (χ0v) is 30.2. The van der Waals surface area contributed by atoms with Crippen LogP contribution in [0.3, 0.4) is 0 Å². The van der Waals surface area contributed by atoms with E-state index >= 15 is 0 Å². The van der Waals surface area contributed by atoms with Crippen LogP contribution in [0.25, 0.3) is 61.2 Å². The predicted octanol–water partition coefficient (Wildman–Crippen LogP) is 11.3. The molecule has 0 aliphatic rings. The highest BCUT2D eigenvalue weighted by atomic mass is 28.3. The number of benzene rings is 6. The Kier molecular flexibility index (Phi) is 7.65. The van der Waals surface area contributed by atoms with Crippen LogP contribution in [0, 0.1) is 0 Å². The molecule has 0 radical (unpaired) electrons. The van der Waals surface area contributed by atoms with Gasteiger partial charge in [-0.1, -0.05) is 148 Å². The highest BCUT2D eigenvalue weighted by Gasteiger charge is 2.27. The van der Waals surface area contributed by atoms with Crippen molar-refractivity contribution in [1.29, 1.82) is 0 Å². The maximum Gasteiger partial charge on any atom is 0.149 e. The molecule has 8 aromatic rings. The van der Waals surface area contributed by atoms with Crippen LogP contribution in [-0.4, -0.2) is 17.6 Å². The maximum absolute atomic E-state index is 6.57. The van der Waals surface area contributed by atoms with Gasteiger partial charge in [-0.05, 0) is 70.5 Å². The molecule has 2 aromatic heterocycles. The fourth-order valence-electron chi connectivity index (χ4n) is 7.44. The predicted molar refractivity (Wildman–Crippen MR) is 211 cm³/mol. The van der Waals surface area contributed by atoms with Gasteiger partial charge in [-0.2, -0.15) is 0 Å². The maximum atomic E-state index is 6.57. The smallest absolute Gasteiger partial charge is 0.149 e. The van der Waals surface area contributed by atoms with Crippen molar-refractivity contribution >= 4 is 51.4 Å². The van der Waals surface area contributed by atoms with E-state index in [2.05, 4.69) is 167 Å². The van der Waals surface area contributed by atoms with E-state index in [0.29, 0.717) is 0 Å². The molecule has 0 atom stereocenters. The molecule has 0 fully saturated rings. The van der Waals surface area contributed by atoms with E-state index in [-0.39, 0.29) is 11.8 Å². The molecule has 0 bridgehead atoms. The fourth-order valence-corrected chi connectivity index (χ4v) is 9.80. The summed E-state index contributed by atoms with van der Waals surface area (Å²) >= 11 is 0. The van der Waals surface area contributed by atoms with Gasteiger partial charge in [0.1, 0.15) is 25.1 Å². The lowest BCUT2D eigenvalue weighted by molar-refractivity contribution is 0.669. The highest BCUT2D eigenvalue weighted by molar-refractivity contribution is 7.00. The number of furan rings is 1. The average molecular weight is 655 g/mol. The minimum Gasteiger partial charge on any atom is -0.455 e. The van der Waals surface area contributed by atoms with Crippen LogP contribution in [-0.2, 0) is 0 Å². The summed E-state index contributed by atoms with van der Waals surface area (Å²) in [5, 5.41) is 5.13. The van der Waals surface area contributed by atoms with Crippen molar-refractivity contribution < 1.29 is 4.42 Å². The molecule has 0 saturated heterocycles. The molecule has 0 aliphatic heterocycles. The Morgan fingerprint density at radius 3 is 1.92 bits per heavy atom. The first-order valence-electron chi connectivity index (χ1n) is 17.4. The van der Waals surface area contributed by atoms with Gasteiger partial charge in [0.15, 0.2) is 0 Å². The third-order valence-corrected chi connectivity index (χ3v) is 13.8. The summed E-state index contributed by atoms with van der Waals surface area (Å²) < 4.78 is 8.97. The largest absolute Gasteiger partial charge is 0.455 e. The lowest BCUT2D eigenvalue weighted by Gasteiger charge is -2.25. The van der Waals surface area contributed by atoms with Gasteiger partial charge in [-0.3, -0.25) is 4.57 Å². The number of aromatic nitrogens is 2. The van der Waals surface area contributed by atoms with Gasteiger partial charge in [0.25, 0.3) is 0 Å². The van der Waals surface area contributed by atoms with Crippen molar-refractivity contribution in [2.24, 2.45) is 0 Å². The standard InChI is InChI=1S/C45H42N2OSi/c1-29(2)38-27-32(31-23-25-34(26-24-31)49(5,6)33-15-8-7-9-16-33)28-39(30(3)4)43(38)47-41-21-12-11-20-40(41)46-45(47)37-19-14-18-36-35-17-10-13-22-42(35)48-44(36)37/h7-30H,1-6H3. The molecule has 0 aliphatic carbocycles. The highest BCUT2D eigenvalue weighted by Crippen LogP contribution is 2.42. The number of rotatable bonds is 7. The molecular weight excluding hydrogens is 613 g/mol. The summed E-state index contributed by atoms with van der Waals surface area (Å²) in [7, 11) is -1.80. The molecule has 3 nitrogen and oxygen atoms in total. The zero-order valence-electron chi connectivity index (χ0n) is 29.2. The monoisotopic (exact) mass is 654 g/mol. The van der Waals surface area contributed by atoms with E-state index in [9.17, 15) is 0 Å². The molecule has 2 heterocycles. The van der Waals surface area contributed by atoms with Crippen molar-refractivity contribution in [2.45, 2.75) is 52.6 Å². The average Bonchev–Trinajstić information content (AvgIpc) is 3.70. The van der Waals surface area contributed by atoms with Crippen LogP contribution in [0.5, 0.6) is 0 Å². The van der Waals surface area contributed by atoms with Gasteiger partial charge in [-0.25, -0.2) is 4.98 Å². The third-order valence-electron chi connectivity index (χ3n) is 10.3. The van der Waals surface area contributed by atoms with E-state index in [4.69, 9.17) is 9.40 Å². The molecule has 0 N–H and O–H groups in total. The molecule has 0 amide bonds. The molecular formula is C45H42N2OSi. The molecule has 8 rings (SSSR count). The number of hydrogen-bond acceptors (Lipinski definition) is 2. The van der Waals surface area contributed by atoms with E-state index in [1.807, 2.05) is 12.1 Å². The summed E-state index contributed by atoms with van der Waals surface area (Å²) in [6, 6.07) is 48.5. The van der Waals surface area contributed by atoms with Gasteiger partial charge < -0.3 is 4.42 Å². The topological polar surface area (TPSA) is 31.0 Å². The van der Waals surface area contributed by atoms with Gasteiger partial charge in [-0.15, -0.1) is 0 Å². The Labute approximate surface area is 289 Å². The van der Waals surface area contributed by atoms with Gasteiger partial charge >= 0.3 is 0 Å². The van der Waals surface area contributed by atoms with Crippen molar-refractivity contribution in [3.05, 3.63) is 145 Å². The zero-order chi connectivity index (χ0) is 33.9. The molecule has 242 valence electrons. The second kappa shape index (κ2) is 12.0. The van der Waals surface area contributed by atoms with Crippen molar-refractivity contribution in [3.63, 3.8) is 0 Å². The fraction of sp³-hybridized carbons (Fsp3) is 0.178. The van der Waals surface area contributed by atoms with Gasteiger partial charge in [0.2, 0.25) is 0 Å². The lowest BCUT2D eigenvalue weighted by atomic mass is 9.88. The molecule has 4 heteroatoms. The van der Waals surface area contributed by atoms with E-state index in [1.54, 1.807) is 0 Å². The van der Waals surface area contributed by atoms with Crippen LogP contribution < -0.4 is 10.4 Å². The summed E-state index contributed by atoms with van der Waals surface area (Å²) in [5.41, 5.74) is 11.2. The molecule has 49 heavy (non-hydrogen) atoms. The second-order valence-corrected chi connectivity index (χ2v) is 18.8. The summed E-state index contributed by atoms with van der Waals surface area (Å²) in [6.07, 6.45) is 0. The first-order valence-corrected chi connectivity index (χ1v) is 20.4. The van der Waals surface area contributed by atoms with Crippen molar-refractivity contribution in [2.75, 3.05) is 0 Å². The van der Waals surface area contributed by atoms with Crippen LogP contribution in [0.1, 0.15) is 50.7 Å². The minimum absolute atomic E-state index is 0.284. The quantitative estimate of drug-likeness (QED) is 0.160. The van der Waals surface area contributed by atoms with Crippen LogP contribution >= 0.6 is 0 Å². The number of imidazole rings is 1. The minimum atomic E-state index is -1.80. The van der Waals surface area contributed by atoms with E-state index in [1.165, 1.54) is 38.3 Å². The summed E-state index contributed by atoms with van der Waals surface area (Å²) in [5.74, 6) is 1.47. The van der Waals surface area contributed by atoms with Gasteiger partial charge in [0.05, 0.1) is 22.3 Å². The number of fused-ring (bicyclic) bond motifs is 4. The SMILES string of the molecule is CC(C)c1cc(-c2ccc([Si](C)(C)c3ccccc3)cc2)cc(C(C)C)c1-n1c(-c2cccc3c2oc2ccccc23)nc2ccccc21. The summed E-state index contributed by atoms with van der Waals surface area (Å²) in [4.78, 5) is 5.33. The van der Waals surface area contributed by atoms with Crippen molar-refractivity contribution in [3.8, 4) is 28.2 Å². The Balaban J connectivity index is 1.34. The summed E-state index contributed by atoms with van der Waals surface area (Å²) in [6.45, 7) is 14.1. The second-order valence-electron chi connectivity index (χ2n) is 14.4. The first kappa shape index (κ1) is 31.1. The number of para-hydroxylation sites is 4. The Hall–Kier alpha value is -5.19. The Morgan fingerprint density at radius 1 is 0.592 bits per heavy atom. The van der Waals surface area contributed by atoms with Crippen LogP contribution in [0.2, 0.25) is 13.1 Å². The van der Waals surface area contributed by atoms with E-state index < -0.39 is 8.07 Å². The normalized spacial score (nSPS) is 12.2. The van der Waals surface area contributed by atoms with Crippen molar-refractivity contribution in [1.82, 2.24) is 9.55 Å².